The van der Waals surface area contributed by atoms with E-state index in [0.717, 1.165) is 0 Å². The lowest BCUT2D eigenvalue weighted by atomic mass is 10.3. The molecule has 0 radical (unpaired) electrons. The molecule has 0 aliphatic rings. The predicted octanol–water partition coefficient (Wildman–Crippen LogP) is -0.960. The van der Waals surface area contributed by atoms with Crippen molar-refractivity contribution in [3.8, 4) is 6.07 Å². The summed E-state index contributed by atoms with van der Waals surface area (Å²) in [4.78, 5) is 11.4. The van der Waals surface area contributed by atoms with E-state index in [1.54, 1.807) is 12.1 Å². The highest BCUT2D eigenvalue weighted by molar-refractivity contribution is 5.24. The Balaban J connectivity index is 3.00. The highest BCUT2D eigenvalue weighted by Crippen LogP contribution is 1.91. The summed E-state index contributed by atoms with van der Waals surface area (Å²) < 4.78 is 1.27. The van der Waals surface area contributed by atoms with Crippen molar-refractivity contribution < 1.29 is 5.11 Å². The standard InChI is InChI=1S/C9H11N3O2/c10-4-7-2-1-3-12(9(7)14)6-8(13)5-11/h1-3,8,13H,5-6,11H2/t8-/m0/s1. The molecule has 1 aromatic rings. The van der Waals surface area contributed by atoms with Gasteiger partial charge in [-0.05, 0) is 12.1 Å². The number of pyridine rings is 1. The van der Waals surface area contributed by atoms with Crippen LogP contribution in [0, 0.1) is 11.3 Å². The third-order valence-corrected chi connectivity index (χ3v) is 1.82. The minimum Gasteiger partial charge on any atom is -0.390 e. The molecule has 3 N–H and O–H groups in total. The number of aliphatic hydroxyl groups excluding tert-OH is 1. The summed E-state index contributed by atoms with van der Waals surface area (Å²) in [5, 5.41) is 17.8. The van der Waals surface area contributed by atoms with Crippen LogP contribution in [-0.2, 0) is 6.54 Å². The molecule has 1 heterocycles. The summed E-state index contributed by atoms with van der Waals surface area (Å²) in [7, 11) is 0. The lowest BCUT2D eigenvalue weighted by Gasteiger charge is -2.09. The van der Waals surface area contributed by atoms with Crippen molar-refractivity contribution in [2.24, 2.45) is 5.73 Å². The number of nitrogens with zero attached hydrogens (tertiary/aromatic N) is 2. The normalized spacial score (nSPS) is 12.1. The first-order valence-corrected chi connectivity index (χ1v) is 4.16. The first-order chi connectivity index (χ1) is 6.69. The van der Waals surface area contributed by atoms with Gasteiger partial charge in [0, 0.05) is 12.7 Å². The Hall–Kier alpha value is -1.64. The van der Waals surface area contributed by atoms with Crippen molar-refractivity contribution in [3.05, 3.63) is 34.2 Å². The molecule has 0 saturated carbocycles. The molecule has 0 aliphatic carbocycles. The maximum absolute atomic E-state index is 11.4. The zero-order valence-corrected chi connectivity index (χ0v) is 7.55. The highest BCUT2D eigenvalue weighted by atomic mass is 16.3. The van der Waals surface area contributed by atoms with Crippen LogP contribution in [0.15, 0.2) is 23.1 Å². The Morgan fingerprint density at radius 2 is 2.43 bits per heavy atom. The first kappa shape index (κ1) is 10.4. The molecule has 5 nitrogen and oxygen atoms in total. The molecule has 0 unspecified atom stereocenters. The van der Waals surface area contributed by atoms with E-state index in [-0.39, 0.29) is 18.7 Å². The summed E-state index contributed by atoms with van der Waals surface area (Å²) in [6.45, 7) is 0.202. The third kappa shape index (κ3) is 2.19. The minimum absolute atomic E-state index is 0.0664. The molecule has 0 amide bonds. The number of nitrogens with two attached hydrogens (primary N) is 1. The topological polar surface area (TPSA) is 92.0 Å². The number of rotatable bonds is 3. The van der Waals surface area contributed by atoms with E-state index in [1.165, 1.54) is 16.8 Å². The van der Waals surface area contributed by atoms with Crippen LogP contribution in [0.1, 0.15) is 5.56 Å². The summed E-state index contributed by atoms with van der Waals surface area (Å²) in [6, 6.07) is 4.81. The van der Waals surface area contributed by atoms with Gasteiger partial charge in [-0.25, -0.2) is 0 Å². The molecule has 5 heteroatoms. The van der Waals surface area contributed by atoms with Crippen molar-refractivity contribution in [3.63, 3.8) is 0 Å². The van der Waals surface area contributed by atoms with E-state index in [4.69, 9.17) is 11.0 Å². The van der Waals surface area contributed by atoms with Gasteiger partial charge in [-0.3, -0.25) is 4.79 Å². The number of nitriles is 1. The van der Waals surface area contributed by atoms with Crippen LogP contribution in [0.4, 0.5) is 0 Å². The van der Waals surface area contributed by atoms with Gasteiger partial charge in [-0.15, -0.1) is 0 Å². The fraction of sp³-hybridized carbons (Fsp3) is 0.333. The zero-order chi connectivity index (χ0) is 10.6. The van der Waals surface area contributed by atoms with Gasteiger partial charge >= 0.3 is 0 Å². The van der Waals surface area contributed by atoms with Crippen LogP contribution in [0.2, 0.25) is 0 Å². The second kappa shape index (κ2) is 4.56. The Kier molecular flexibility index (Phi) is 3.40. The lowest BCUT2D eigenvalue weighted by Crippen LogP contribution is -2.31. The first-order valence-electron chi connectivity index (χ1n) is 4.16. The van der Waals surface area contributed by atoms with Crippen LogP contribution in [0.25, 0.3) is 0 Å². The fourth-order valence-electron chi connectivity index (χ4n) is 1.07. The third-order valence-electron chi connectivity index (χ3n) is 1.82. The summed E-state index contributed by atoms with van der Waals surface area (Å²) in [5.41, 5.74) is 4.88. The Labute approximate surface area is 81.0 Å². The highest BCUT2D eigenvalue weighted by Gasteiger charge is 2.06. The molecule has 1 atom stereocenters. The molecule has 0 fully saturated rings. The lowest BCUT2D eigenvalue weighted by molar-refractivity contribution is 0.160. The zero-order valence-electron chi connectivity index (χ0n) is 7.55. The molecule has 14 heavy (non-hydrogen) atoms. The van der Waals surface area contributed by atoms with Crippen molar-refractivity contribution in [1.82, 2.24) is 4.57 Å². The fourth-order valence-corrected chi connectivity index (χ4v) is 1.07. The maximum Gasteiger partial charge on any atom is 0.268 e. The number of aliphatic hydroxyl groups is 1. The second-order valence-corrected chi connectivity index (χ2v) is 2.88. The molecule has 0 saturated heterocycles. The van der Waals surface area contributed by atoms with Gasteiger partial charge in [-0.2, -0.15) is 5.26 Å². The molecule has 74 valence electrons. The second-order valence-electron chi connectivity index (χ2n) is 2.88. The van der Waals surface area contributed by atoms with E-state index in [0.29, 0.717) is 0 Å². The quantitative estimate of drug-likeness (QED) is 0.646. The van der Waals surface area contributed by atoms with Gasteiger partial charge in [-0.1, -0.05) is 0 Å². The number of hydrogen-bond acceptors (Lipinski definition) is 4. The van der Waals surface area contributed by atoms with Crippen LogP contribution in [-0.4, -0.2) is 22.3 Å². The smallest absolute Gasteiger partial charge is 0.268 e. The summed E-state index contributed by atoms with van der Waals surface area (Å²) in [5.74, 6) is 0. The van der Waals surface area contributed by atoms with Crippen LogP contribution >= 0.6 is 0 Å². The molecular weight excluding hydrogens is 182 g/mol. The molecule has 0 spiro atoms. The van der Waals surface area contributed by atoms with E-state index in [1.807, 2.05) is 0 Å². The van der Waals surface area contributed by atoms with Gasteiger partial charge in [0.05, 0.1) is 12.6 Å². The van der Waals surface area contributed by atoms with E-state index in [9.17, 15) is 9.90 Å². The SMILES string of the molecule is N#Cc1cccn(C[C@@H](O)CN)c1=O. The molecular formula is C9H11N3O2. The Morgan fingerprint density at radius 3 is 3.00 bits per heavy atom. The predicted molar refractivity (Wildman–Crippen MR) is 50.5 cm³/mol. The van der Waals surface area contributed by atoms with E-state index in [2.05, 4.69) is 0 Å². The monoisotopic (exact) mass is 193 g/mol. The summed E-state index contributed by atoms with van der Waals surface area (Å²) in [6.07, 6.45) is 0.754. The minimum atomic E-state index is -0.762. The van der Waals surface area contributed by atoms with Crippen LogP contribution in [0.5, 0.6) is 0 Å². The largest absolute Gasteiger partial charge is 0.390 e. The van der Waals surface area contributed by atoms with Crippen molar-refractivity contribution in [2.45, 2.75) is 12.6 Å². The van der Waals surface area contributed by atoms with E-state index >= 15 is 0 Å². The van der Waals surface area contributed by atoms with Gasteiger partial charge < -0.3 is 15.4 Å². The average molecular weight is 193 g/mol. The van der Waals surface area contributed by atoms with E-state index < -0.39 is 11.7 Å². The van der Waals surface area contributed by atoms with Gasteiger partial charge in [0.15, 0.2) is 0 Å². The van der Waals surface area contributed by atoms with Crippen LogP contribution < -0.4 is 11.3 Å². The number of aromatic nitrogens is 1. The number of hydrogen-bond donors (Lipinski definition) is 2. The van der Waals surface area contributed by atoms with Gasteiger partial charge in [0.25, 0.3) is 5.56 Å². The Bertz CT molecular complexity index is 405. The Morgan fingerprint density at radius 1 is 1.71 bits per heavy atom. The molecule has 0 aliphatic heterocycles. The van der Waals surface area contributed by atoms with Gasteiger partial charge in [0.2, 0.25) is 0 Å². The van der Waals surface area contributed by atoms with Crippen LogP contribution in [0.3, 0.4) is 0 Å². The van der Waals surface area contributed by atoms with Crippen molar-refractivity contribution in [2.75, 3.05) is 6.54 Å². The maximum atomic E-state index is 11.4. The summed E-state index contributed by atoms with van der Waals surface area (Å²) >= 11 is 0. The average Bonchev–Trinajstić information content (AvgIpc) is 2.21. The van der Waals surface area contributed by atoms with Gasteiger partial charge in [0.1, 0.15) is 11.6 Å². The molecule has 1 rings (SSSR count). The van der Waals surface area contributed by atoms with Crippen molar-refractivity contribution >= 4 is 0 Å². The molecule has 0 aromatic carbocycles. The molecule has 1 aromatic heterocycles. The van der Waals surface area contributed by atoms with Crippen molar-refractivity contribution in [1.29, 1.82) is 5.26 Å². The molecule has 0 bridgehead atoms.